The summed E-state index contributed by atoms with van der Waals surface area (Å²) in [6.45, 7) is 4.44. The number of carbonyl (C=O) groups is 1. The van der Waals surface area contributed by atoms with E-state index < -0.39 is 0 Å². The summed E-state index contributed by atoms with van der Waals surface area (Å²) in [4.78, 5) is 21.6. The molecule has 142 valence electrons. The number of halogens is 2. The zero-order valence-electron chi connectivity index (χ0n) is 14.7. The summed E-state index contributed by atoms with van der Waals surface area (Å²) in [7, 11) is 2.13. The summed E-state index contributed by atoms with van der Waals surface area (Å²) in [5.74, 6) is 0.856. The van der Waals surface area contributed by atoms with Crippen LogP contribution in [0.1, 0.15) is 36.0 Å². The van der Waals surface area contributed by atoms with Crippen LogP contribution in [0.3, 0.4) is 0 Å². The number of pyridine rings is 1. The molecule has 1 aliphatic carbocycles. The van der Waals surface area contributed by atoms with Crippen LogP contribution in [-0.4, -0.2) is 61.1 Å². The second-order valence-electron chi connectivity index (χ2n) is 6.84. The molecule has 0 bridgehead atoms. The van der Waals surface area contributed by atoms with Gasteiger partial charge in [0.05, 0.1) is 5.54 Å². The second kappa shape index (κ2) is 9.57. The summed E-state index contributed by atoms with van der Waals surface area (Å²) in [5, 5.41) is 3.18. The summed E-state index contributed by atoms with van der Waals surface area (Å²) in [5.41, 5.74) is 6.38. The van der Waals surface area contributed by atoms with Crippen molar-refractivity contribution in [2.24, 2.45) is 5.73 Å². The van der Waals surface area contributed by atoms with Gasteiger partial charge in [0.25, 0.3) is 5.91 Å². The number of nitrogens with two attached hydrogens (primary N) is 1. The van der Waals surface area contributed by atoms with Crippen LogP contribution in [0.4, 0.5) is 5.82 Å². The predicted molar refractivity (Wildman–Crippen MR) is 106 cm³/mol. The maximum Gasteiger partial charge on any atom is 0.251 e. The van der Waals surface area contributed by atoms with Gasteiger partial charge in [0, 0.05) is 44.5 Å². The van der Waals surface area contributed by atoms with E-state index >= 15 is 0 Å². The maximum atomic E-state index is 12.6. The van der Waals surface area contributed by atoms with E-state index in [9.17, 15) is 4.79 Å². The molecule has 1 aliphatic heterocycles. The summed E-state index contributed by atoms with van der Waals surface area (Å²) in [6, 6.07) is 3.69. The van der Waals surface area contributed by atoms with Crippen LogP contribution < -0.4 is 16.0 Å². The Balaban J connectivity index is 0.00000156. The van der Waals surface area contributed by atoms with Gasteiger partial charge in [-0.1, -0.05) is 12.8 Å². The van der Waals surface area contributed by atoms with E-state index in [0.29, 0.717) is 12.1 Å². The highest BCUT2D eigenvalue weighted by atomic mass is 35.5. The Labute approximate surface area is 162 Å². The fourth-order valence-corrected chi connectivity index (χ4v) is 3.51. The molecule has 2 heterocycles. The Morgan fingerprint density at radius 1 is 1.24 bits per heavy atom. The first-order valence-electron chi connectivity index (χ1n) is 8.54. The third-order valence-electron chi connectivity index (χ3n) is 5.17. The largest absolute Gasteiger partial charge is 0.354 e. The van der Waals surface area contributed by atoms with Crippen molar-refractivity contribution >= 4 is 36.5 Å². The van der Waals surface area contributed by atoms with E-state index in [1.54, 1.807) is 12.3 Å². The summed E-state index contributed by atoms with van der Waals surface area (Å²) >= 11 is 0. The van der Waals surface area contributed by atoms with Crippen LogP contribution >= 0.6 is 24.8 Å². The number of amides is 1. The van der Waals surface area contributed by atoms with Crippen LogP contribution in [0.5, 0.6) is 0 Å². The average Bonchev–Trinajstić information content (AvgIpc) is 3.05. The molecule has 1 saturated heterocycles. The van der Waals surface area contributed by atoms with E-state index in [-0.39, 0.29) is 36.3 Å². The number of rotatable bonds is 4. The fourth-order valence-electron chi connectivity index (χ4n) is 3.51. The van der Waals surface area contributed by atoms with Crippen molar-refractivity contribution < 1.29 is 4.79 Å². The van der Waals surface area contributed by atoms with Gasteiger partial charge in [-0.25, -0.2) is 4.98 Å². The predicted octanol–water partition coefficient (Wildman–Crippen LogP) is 1.68. The molecule has 0 atom stereocenters. The molecular formula is C17H29Cl2N5O. The lowest BCUT2D eigenvalue weighted by molar-refractivity contribution is 0.0903. The molecule has 1 saturated carbocycles. The van der Waals surface area contributed by atoms with Crippen LogP contribution in [0.25, 0.3) is 0 Å². The molecule has 3 rings (SSSR count). The van der Waals surface area contributed by atoms with Gasteiger partial charge in [-0.15, -0.1) is 24.8 Å². The van der Waals surface area contributed by atoms with E-state index in [4.69, 9.17) is 5.73 Å². The fraction of sp³-hybridized carbons (Fsp3) is 0.647. The standard InChI is InChI=1S/C17H27N5O.2ClH/c1-21-8-10-22(11-9-21)15-12-14(4-7-19-15)16(23)20-17(13-18)5-2-3-6-17;;/h4,7,12H,2-3,5-6,8-11,13,18H2,1H3,(H,20,23);2*1H. The molecule has 8 heteroatoms. The highest BCUT2D eigenvalue weighted by Gasteiger charge is 2.34. The van der Waals surface area contributed by atoms with Gasteiger partial charge in [-0.2, -0.15) is 0 Å². The number of hydrogen-bond donors (Lipinski definition) is 2. The van der Waals surface area contributed by atoms with Crippen LogP contribution in [0.15, 0.2) is 18.3 Å². The highest BCUT2D eigenvalue weighted by molar-refractivity contribution is 5.95. The van der Waals surface area contributed by atoms with Crippen LogP contribution in [0.2, 0.25) is 0 Å². The quantitative estimate of drug-likeness (QED) is 0.818. The molecule has 1 aromatic heterocycles. The second-order valence-corrected chi connectivity index (χ2v) is 6.84. The minimum atomic E-state index is -0.214. The molecule has 0 spiro atoms. The van der Waals surface area contributed by atoms with Gasteiger partial charge in [0.15, 0.2) is 0 Å². The van der Waals surface area contributed by atoms with Crippen molar-refractivity contribution in [1.29, 1.82) is 0 Å². The first-order chi connectivity index (χ1) is 11.1. The van der Waals surface area contributed by atoms with Crippen molar-refractivity contribution in [3.05, 3.63) is 23.9 Å². The Morgan fingerprint density at radius 3 is 2.48 bits per heavy atom. The minimum absolute atomic E-state index is 0. The molecule has 0 unspecified atom stereocenters. The molecule has 3 N–H and O–H groups in total. The lowest BCUT2D eigenvalue weighted by Crippen LogP contribution is -2.51. The zero-order valence-corrected chi connectivity index (χ0v) is 16.4. The number of anilines is 1. The Bertz CT molecular complexity index is 558. The summed E-state index contributed by atoms with van der Waals surface area (Å²) < 4.78 is 0. The molecule has 0 radical (unpaired) electrons. The van der Waals surface area contributed by atoms with Gasteiger partial charge in [0.1, 0.15) is 5.82 Å². The third kappa shape index (κ3) is 5.20. The monoisotopic (exact) mass is 389 g/mol. The van der Waals surface area contributed by atoms with Crippen LogP contribution in [0, 0.1) is 0 Å². The highest BCUT2D eigenvalue weighted by Crippen LogP contribution is 2.29. The maximum absolute atomic E-state index is 12.6. The van der Waals surface area contributed by atoms with Gasteiger partial charge < -0.3 is 20.9 Å². The summed E-state index contributed by atoms with van der Waals surface area (Å²) in [6.07, 6.45) is 5.96. The van der Waals surface area contributed by atoms with Crippen molar-refractivity contribution in [3.8, 4) is 0 Å². The van der Waals surface area contributed by atoms with Crippen molar-refractivity contribution in [1.82, 2.24) is 15.2 Å². The molecule has 6 nitrogen and oxygen atoms in total. The van der Waals surface area contributed by atoms with Crippen molar-refractivity contribution in [2.45, 2.75) is 31.2 Å². The van der Waals surface area contributed by atoms with Gasteiger partial charge >= 0.3 is 0 Å². The third-order valence-corrected chi connectivity index (χ3v) is 5.17. The first kappa shape index (κ1) is 22.0. The zero-order chi connectivity index (χ0) is 16.3. The topological polar surface area (TPSA) is 74.5 Å². The van der Waals surface area contributed by atoms with Gasteiger partial charge in [-0.3, -0.25) is 4.79 Å². The molecule has 0 aromatic carbocycles. The number of piperazine rings is 1. The lowest BCUT2D eigenvalue weighted by atomic mass is 9.97. The molecule has 1 amide bonds. The number of carbonyl (C=O) groups excluding carboxylic acids is 1. The normalized spacial score (nSPS) is 19.7. The minimum Gasteiger partial charge on any atom is -0.354 e. The van der Waals surface area contributed by atoms with Crippen molar-refractivity contribution in [2.75, 3.05) is 44.7 Å². The van der Waals surface area contributed by atoms with Crippen LogP contribution in [-0.2, 0) is 0 Å². The Morgan fingerprint density at radius 2 is 1.88 bits per heavy atom. The SMILES string of the molecule is CN1CCN(c2cc(C(=O)NC3(CN)CCCC3)ccn2)CC1.Cl.Cl. The Kier molecular flexibility index (Phi) is 8.41. The Hall–Kier alpha value is -1.08. The number of nitrogens with zero attached hydrogens (tertiary/aromatic N) is 3. The van der Waals surface area contributed by atoms with Crippen molar-refractivity contribution in [3.63, 3.8) is 0 Å². The van der Waals surface area contributed by atoms with E-state index in [0.717, 1.165) is 57.7 Å². The number of aromatic nitrogens is 1. The van der Waals surface area contributed by atoms with Gasteiger partial charge in [0.2, 0.25) is 0 Å². The van der Waals surface area contributed by atoms with Gasteiger partial charge in [-0.05, 0) is 32.0 Å². The molecule has 2 aliphatic rings. The molecule has 2 fully saturated rings. The average molecular weight is 390 g/mol. The van der Waals surface area contributed by atoms with E-state index in [1.807, 2.05) is 6.07 Å². The smallest absolute Gasteiger partial charge is 0.251 e. The van der Waals surface area contributed by atoms with E-state index in [2.05, 4.69) is 27.1 Å². The van der Waals surface area contributed by atoms with E-state index in [1.165, 1.54) is 0 Å². The molecule has 1 aromatic rings. The number of nitrogens with one attached hydrogen (secondary N) is 1. The lowest BCUT2D eigenvalue weighted by Gasteiger charge is -2.33. The first-order valence-corrected chi connectivity index (χ1v) is 8.54. The molecule has 25 heavy (non-hydrogen) atoms. The molecular weight excluding hydrogens is 361 g/mol. The number of likely N-dealkylation sites (N-methyl/N-ethyl adjacent to an activating group) is 1. The number of hydrogen-bond acceptors (Lipinski definition) is 5.